The van der Waals surface area contributed by atoms with E-state index in [2.05, 4.69) is 29.4 Å². The molecule has 1 unspecified atom stereocenters. The zero-order chi connectivity index (χ0) is 15.2. The molecule has 0 aliphatic heterocycles. The molecule has 0 aliphatic carbocycles. The molecule has 0 fully saturated rings. The van der Waals surface area contributed by atoms with E-state index in [9.17, 15) is 4.79 Å². The summed E-state index contributed by atoms with van der Waals surface area (Å²) in [5, 5.41) is 3.77. The molecule has 2 rings (SSSR count). The fourth-order valence-electron chi connectivity index (χ4n) is 1.99. The molecule has 0 spiro atoms. The van der Waals surface area contributed by atoms with Crippen LogP contribution in [0.25, 0.3) is 0 Å². The molecule has 0 bridgehead atoms. The van der Waals surface area contributed by atoms with Crippen molar-refractivity contribution >= 4 is 29.0 Å². The highest BCUT2D eigenvalue weighted by Crippen LogP contribution is 2.25. The Morgan fingerprint density at radius 1 is 1.33 bits per heavy atom. The molecular weight excluding hydrogens is 300 g/mol. The summed E-state index contributed by atoms with van der Waals surface area (Å²) in [4.78, 5) is 17.9. The van der Waals surface area contributed by atoms with Gasteiger partial charge in [0, 0.05) is 17.7 Å². The first-order valence-corrected chi connectivity index (χ1v) is 8.76. The molecule has 1 aromatic carbocycles. The predicted molar refractivity (Wildman–Crippen MR) is 90.9 cm³/mol. The number of benzene rings is 1. The van der Waals surface area contributed by atoms with Gasteiger partial charge in [0.2, 0.25) is 5.91 Å². The molecule has 0 saturated carbocycles. The second-order valence-corrected chi connectivity index (χ2v) is 7.33. The van der Waals surface area contributed by atoms with Gasteiger partial charge in [-0.25, -0.2) is 4.98 Å². The highest BCUT2D eigenvalue weighted by molar-refractivity contribution is 7.99. The minimum atomic E-state index is -0.0816. The Morgan fingerprint density at radius 2 is 2.05 bits per heavy atom. The van der Waals surface area contributed by atoms with Gasteiger partial charge in [-0.3, -0.25) is 4.79 Å². The van der Waals surface area contributed by atoms with Gasteiger partial charge in [0.25, 0.3) is 0 Å². The second-order valence-electron chi connectivity index (χ2n) is 4.85. The molecule has 0 aliphatic rings. The third kappa shape index (κ3) is 4.58. The van der Waals surface area contributed by atoms with Crippen molar-refractivity contribution in [3.8, 4) is 0 Å². The summed E-state index contributed by atoms with van der Waals surface area (Å²) in [5.74, 6) is 0.860. The number of aromatic nitrogens is 1. The summed E-state index contributed by atoms with van der Waals surface area (Å²) in [6, 6.07) is 10.1. The van der Waals surface area contributed by atoms with Crippen molar-refractivity contribution in [2.45, 2.75) is 31.3 Å². The van der Waals surface area contributed by atoms with Crippen LogP contribution in [0.4, 0.5) is 0 Å². The molecule has 1 atom stereocenters. The monoisotopic (exact) mass is 320 g/mol. The van der Waals surface area contributed by atoms with Crippen molar-refractivity contribution in [2.24, 2.45) is 0 Å². The summed E-state index contributed by atoms with van der Waals surface area (Å²) >= 11 is 3.38. The lowest BCUT2D eigenvalue weighted by atomic mass is 10.1. The molecular formula is C16H20N2OS2. The summed E-state index contributed by atoms with van der Waals surface area (Å²) in [7, 11) is 1.69. The molecule has 0 saturated heterocycles. The molecule has 0 radical (unpaired) electrons. The van der Waals surface area contributed by atoms with Crippen LogP contribution < -0.4 is 5.32 Å². The number of nitrogens with one attached hydrogen (secondary N) is 1. The van der Waals surface area contributed by atoms with Crippen LogP contribution in [0.3, 0.4) is 0 Å². The van der Waals surface area contributed by atoms with E-state index >= 15 is 0 Å². The summed E-state index contributed by atoms with van der Waals surface area (Å²) < 4.78 is 0. The molecule has 5 heteroatoms. The topological polar surface area (TPSA) is 42.0 Å². The van der Waals surface area contributed by atoms with Gasteiger partial charge in [-0.15, -0.1) is 23.1 Å². The first kappa shape index (κ1) is 16.0. The highest BCUT2D eigenvalue weighted by atomic mass is 32.2. The number of carbonyl (C=O) groups excluding carboxylic acids is 1. The van der Waals surface area contributed by atoms with Crippen LogP contribution in [0.5, 0.6) is 0 Å². The third-order valence-electron chi connectivity index (χ3n) is 3.28. The number of rotatable bonds is 6. The maximum Gasteiger partial charge on any atom is 0.233 e. The molecule has 112 valence electrons. The number of carbonyl (C=O) groups is 1. The molecule has 1 aromatic heterocycles. The summed E-state index contributed by atoms with van der Waals surface area (Å²) in [5.41, 5.74) is 2.28. The summed E-state index contributed by atoms with van der Waals surface area (Å²) in [6.07, 6.45) is 0.745. The maximum atomic E-state index is 12.1. The largest absolute Gasteiger partial charge is 0.358 e. The Hall–Kier alpha value is -1.33. The van der Waals surface area contributed by atoms with Crippen molar-refractivity contribution in [1.29, 1.82) is 0 Å². The minimum Gasteiger partial charge on any atom is -0.358 e. The molecule has 1 N–H and O–H groups in total. The fraction of sp³-hybridized carbons (Fsp3) is 0.375. The average molecular weight is 320 g/mol. The van der Waals surface area contributed by atoms with Crippen molar-refractivity contribution < 1.29 is 4.79 Å². The normalized spacial score (nSPS) is 12.1. The van der Waals surface area contributed by atoms with E-state index in [1.54, 1.807) is 30.1 Å². The van der Waals surface area contributed by atoms with Gasteiger partial charge in [-0.05, 0) is 25.8 Å². The lowest BCUT2D eigenvalue weighted by Crippen LogP contribution is -2.31. The summed E-state index contributed by atoms with van der Waals surface area (Å²) in [6.45, 7) is 4.11. The molecule has 1 heterocycles. The predicted octanol–water partition coefficient (Wildman–Crippen LogP) is 3.35. The van der Waals surface area contributed by atoms with E-state index in [0.717, 1.165) is 22.9 Å². The van der Waals surface area contributed by atoms with Gasteiger partial charge in [0.1, 0.15) is 5.01 Å². The van der Waals surface area contributed by atoms with Gasteiger partial charge in [-0.1, -0.05) is 30.3 Å². The number of hydrogen-bond donors (Lipinski definition) is 1. The Labute approximate surface area is 134 Å². The second kappa shape index (κ2) is 7.61. The number of thiazole rings is 1. The van der Waals surface area contributed by atoms with Crippen LogP contribution in [0.2, 0.25) is 0 Å². The third-order valence-corrected chi connectivity index (χ3v) is 5.76. The maximum absolute atomic E-state index is 12.1. The van der Waals surface area contributed by atoms with E-state index in [1.807, 2.05) is 25.1 Å². The Bertz CT molecular complexity index is 576. The smallest absolute Gasteiger partial charge is 0.233 e. The van der Waals surface area contributed by atoms with Crippen LogP contribution in [0.15, 0.2) is 30.3 Å². The van der Waals surface area contributed by atoms with Crippen molar-refractivity contribution in [2.75, 3.05) is 7.05 Å². The van der Waals surface area contributed by atoms with E-state index < -0.39 is 0 Å². The number of amides is 1. The lowest BCUT2D eigenvalue weighted by molar-refractivity contribution is -0.120. The van der Waals surface area contributed by atoms with Crippen LogP contribution in [-0.4, -0.2) is 23.2 Å². The molecule has 2 aromatic rings. The van der Waals surface area contributed by atoms with Crippen LogP contribution in [0.1, 0.15) is 21.1 Å². The first-order valence-electron chi connectivity index (χ1n) is 6.90. The number of thioether (sulfide) groups is 1. The van der Waals surface area contributed by atoms with Crippen LogP contribution in [-0.2, 0) is 17.0 Å². The van der Waals surface area contributed by atoms with Crippen molar-refractivity contribution in [3.63, 3.8) is 0 Å². The van der Waals surface area contributed by atoms with Crippen molar-refractivity contribution in [3.05, 3.63) is 51.5 Å². The Morgan fingerprint density at radius 3 is 2.62 bits per heavy atom. The van der Waals surface area contributed by atoms with E-state index in [1.165, 1.54) is 10.4 Å². The van der Waals surface area contributed by atoms with Crippen molar-refractivity contribution in [1.82, 2.24) is 10.3 Å². The van der Waals surface area contributed by atoms with Crippen LogP contribution >= 0.6 is 23.1 Å². The quantitative estimate of drug-likeness (QED) is 0.887. The lowest BCUT2D eigenvalue weighted by Gasteiger charge is -2.14. The zero-order valence-corrected chi connectivity index (χ0v) is 14.2. The van der Waals surface area contributed by atoms with E-state index in [4.69, 9.17) is 0 Å². The zero-order valence-electron chi connectivity index (χ0n) is 12.6. The van der Waals surface area contributed by atoms with Gasteiger partial charge in [-0.2, -0.15) is 0 Å². The fourth-order valence-corrected chi connectivity index (χ4v) is 4.15. The number of aryl methyl sites for hydroxylation is 2. The molecule has 3 nitrogen and oxygen atoms in total. The van der Waals surface area contributed by atoms with Gasteiger partial charge >= 0.3 is 0 Å². The first-order chi connectivity index (χ1) is 10.1. The number of hydrogen-bond acceptors (Lipinski definition) is 4. The molecule has 21 heavy (non-hydrogen) atoms. The average Bonchev–Trinajstić information content (AvgIpc) is 2.82. The van der Waals surface area contributed by atoms with E-state index in [0.29, 0.717) is 0 Å². The standard InChI is InChI=1S/C16H20N2OS2/c1-11-12(2)21-15(18-11)10-20-14(16(19)17-3)9-13-7-5-4-6-8-13/h4-8,14H,9-10H2,1-3H3,(H,17,19). The van der Waals surface area contributed by atoms with E-state index in [-0.39, 0.29) is 11.2 Å². The Balaban J connectivity index is 2.01. The Kier molecular flexibility index (Phi) is 5.82. The van der Waals surface area contributed by atoms with Gasteiger partial charge in [0.05, 0.1) is 10.9 Å². The SMILES string of the molecule is CNC(=O)C(Cc1ccccc1)SCc1nc(C)c(C)s1. The minimum absolute atomic E-state index is 0.0776. The highest BCUT2D eigenvalue weighted by Gasteiger charge is 2.19. The van der Waals surface area contributed by atoms with Gasteiger partial charge < -0.3 is 5.32 Å². The molecule has 1 amide bonds. The van der Waals surface area contributed by atoms with Gasteiger partial charge in [0.15, 0.2) is 0 Å². The van der Waals surface area contributed by atoms with Crippen LogP contribution in [0, 0.1) is 13.8 Å². The number of nitrogens with zero attached hydrogens (tertiary/aromatic N) is 1.